The summed E-state index contributed by atoms with van der Waals surface area (Å²) in [6.07, 6.45) is 4.18. The van der Waals surface area contributed by atoms with Gasteiger partial charge in [0.25, 0.3) is 0 Å². The second kappa shape index (κ2) is 9.85. The number of ether oxygens (including phenoxy) is 1. The average Bonchev–Trinajstić information content (AvgIpc) is 3.21. The molecule has 0 amide bonds. The molecule has 0 bridgehead atoms. The van der Waals surface area contributed by atoms with Crippen LogP contribution in [0.4, 0.5) is 18.3 Å². The molecule has 1 unspecified atom stereocenters. The first-order chi connectivity index (χ1) is 16.2. The van der Waals surface area contributed by atoms with E-state index in [-0.39, 0.29) is 12.5 Å². The molecule has 0 fully saturated rings. The van der Waals surface area contributed by atoms with Gasteiger partial charge in [0.1, 0.15) is 0 Å². The average molecular weight is 489 g/mol. The van der Waals surface area contributed by atoms with E-state index in [1.807, 2.05) is 24.4 Å². The zero-order valence-corrected chi connectivity index (χ0v) is 19.8. The molecule has 2 heterocycles. The summed E-state index contributed by atoms with van der Waals surface area (Å²) < 4.78 is 44.9. The van der Waals surface area contributed by atoms with Crippen molar-refractivity contribution >= 4 is 27.2 Å². The highest BCUT2D eigenvalue weighted by Crippen LogP contribution is 2.44. The second-order valence-corrected chi connectivity index (χ2v) is 9.74. The number of benzene rings is 1. The third kappa shape index (κ3) is 5.32. The van der Waals surface area contributed by atoms with Gasteiger partial charge >= 0.3 is 6.18 Å². The maximum absolute atomic E-state index is 13.2. The van der Waals surface area contributed by atoms with Gasteiger partial charge in [-0.1, -0.05) is 47.3 Å². The zero-order chi connectivity index (χ0) is 24.3. The fourth-order valence-electron chi connectivity index (χ4n) is 3.84. The van der Waals surface area contributed by atoms with Crippen molar-refractivity contribution in [3.63, 3.8) is 0 Å². The lowest BCUT2D eigenvalue weighted by molar-refractivity contribution is -0.199. The second-order valence-electron chi connectivity index (χ2n) is 8.74. The minimum Gasteiger partial charge on any atom is -0.378 e. The Bertz CT molecular complexity index is 1220. The number of nitrogens with one attached hydrogen (secondary N) is 1. The summed E-state index contributed by atoms with van der Waals surface area (Å²) in [5.41, 5.74) is 7.16. The standard InChI is InChI=1S/C25H27F3N4OS/c1-24(25(26,27)28)8-5-16(6-9-24)11-20(29)14-31-23-32-21(15-33-2)22(34-23)18-3-4-19-13-30-10-7-17(19)12-18/h3-8,10,12-13,20H,9,11,14-15,29H2,1-2H3,(H,31,32)/t20-,24?/m0/s1. The highest BCUT2D eigenvalue weighted by Gasteiger charge is 2.49. The van der Waals surface area contributed by atoms with Crippen molar-refractivity contribution in [2.75, 3.05) is 19.0 Å². The van der Waals surface area contributed by atoms with Crippen LogP contribution in [0.5, 0.6) is 0 Å². The molecule has 34 heavy (non-hydrogen) atoms. The molecule has 2 atom stereocenters. The quantitative estimate of drug-likeness (QED) is 0.402. The first-order valence-corrected chi connectivity index (χ1v) is 11.8. The lowest BCUT2D eigenvalue weighted by atomic mass is 9.80. The third-order valence-corrected chi connectivity index (χ3v) is 7.10. The largest absolute Gasteiger partial charge is 0.397 e. The fourth-order valence-corrected chi connectivity index (χ4v) is 4.81. The van der Waals surface area contributed by atoms with Crippen molar-refractivity contribution in [2.24, 2.45) is 11.1 Å². The number of allylic oxidation sites excluding steroid dienone is 3. The lowest BCUT2D eigenvalue weighted by Crippen LogP contribution is -2.34. The van der Waals surface area contributed by atoms with E-state index in [2.05, 4.69) is 21.4 Å². The van der Waals surface area contributed by atoms with Crippen LogP contribution in [0, 0.1) is 5.41 Å². The molecule has 0 saturated carbocycles. The van der Waals surface area contributed by atoms with Gasteiger partial charge < -0.3 is 15.8 Å². The number of fused-ring (bicyclic) bond motifs is 1. The Morgan fingerprint density at radius 1 is 1.26 bits per heavy atom. The molecule has 0 radical (unpaired) electrons. The summed E-state index contributed by atoms with van der Waals surface area (Å²) >= 11 is 1.52. The predicted molar refractivity (Wildman–Crippen MR) is 131 cm³/mol. The van der Waals surface area contributed by atoms with Crippen LogP contribution in [0.3, 0.4) is 0 Å². The number of thiazole rings is 1. The van der Waals surface area contributed by atoms with Crippen LogP contribution in [0.15, 0.2) is 60.5 Å². The van der Waals surface area contributed by atoms with E-state index in [9.17, 15) is 13.2 Å². The van der Waals surface area contributed by atoms with Gasteiger partial charge in [0, 0.05) is 37.5 Å². The fraction of sp³-hybridized carbons (Fsp3) is 0.360. The number of alkyl halides is 3. The number of methoxy groups -OCH3 is 1. The summed E-state index contributed by atoms with van der Waals surface area (Å²) in [6, 6.07) is 7.89. The van der Waals surface area contributed by atoms with Crippen molar-refractivity contribution < 1.29 is 17.9 Å². The van der Waals surface area contributed by atoms with E-state index < -0.39 is 11.6 Å². The van der Waals surface area contributed by atoms with Gasteiger partial charge in [-0.3, -0.25) is 4.98 Å². The Morgan fingerprint density at radius 3 is 2.79 bits per heavy atom. The van der Waals surface area contributed by atoms with Gasteiger partial charge in [-0.05, 0) is 42.8 Å². The monoisotopic (exact) mass is 488 g/mol. The summed E-state index contributed by atoms with van der Waals surface area (Å²) in [7, 11) is 1.63. The molecule has 180 valence electrons. The van der Waals surface area contributed by atoms with Crippen LogP contribution < -0.4 is 11.1 Å². The summed E-state index contributed by atoms with van der Waals surface area (Å²) in [6.45, 7) is 2.04. The Morgan fingerprint density at radius 2 is 2.09 bits per heavy atom. The topological polar surface area (TPSA) is 73.1 Å². The van der Waals surface area contributed by atoms with Gasteiger partial charge in [0.15, 0.2) is 5.13 Å². The lowest BCUT2D eigenvalue weighted by Gasteiger charge is -2.30. The van der Waals surface area contributed by atoms with Crippen LogP contribution in [-0.4, -0.2) is 35.8 Å². The molecule has 3 N–H and O–H groups in total. The Hall–Kier alpha value is -2.75. The van der Waals surface area contributed by atoms with Gasteiger partial charge in [0.2, 0.25) is 0 Å². The van der Waals surface area contributed by atoms with Crippen LogP contribution in [0.25, 0.3) is 21.2 Å². The first kappa shape index (κ1) is 24.4. The van der Waals surface area contributed by atoms with E-state index in [1.165, 1.54) is 24.3 Å². The van der Waals surface area contributed by atoms with E-state index in [0.717, 1.165) is 37.6 Å². The van der Waals surface area contributed by atoms with E-state index in [0.29, 0.717) is 19.6 Å². The zero-order valence-electron chi connectivity index (χ0n) is 19.0. The number of pyridine rings is 1. The molecule has 5 nitrogen and oxygen atoms in total. The number of hydrogen-bond donors (Lipinski definition) is 2. The molecule has 0 saturated heterocycles. The minimum absolute atomic E-state index is 0.0689. The predicted octanol–water partition coefficient (Wildman–Crippen LogP) is 6.09. The normalized spacial score (nSPS) is 19.3. The maximum Gasteiger partial charge on any atom is 0.397 e. The van der Waals surface area contributed by atoms with Crippen molar-refractivity contribution in [2.45, 2.75) is 38.6 Å². The number of hydrogen-bond acceptors (Lipinski definition) is 6. The van der Waals surface area contributed by atoms with Crippen LogP contribution in [-0.2, 0) is 11.3 Å². The SMILES string of the molecule is COCc1nc(NC[C@@H](N)CC2=CCC(C)(C(F)(F)F)C=C2)sc1-c1ccc2cnccc2c1. The molecule has 1 aliphatic rings. The number of nitrogens with zero attached hydrogens (tertiary/aromatic N) is 2. The number of halogens is 3. The molecule has 1 aromatic carbocycles. The highest BCUT2D eigenvalue weighted by molar-refractivity contribution is 7.19. The number of aromatic nitrogens is 2. The Kier molecular flexibility index (Phi) is 7.06. The van der Waals surface area contributed by atoms with Crippen LogP contribution >= 0.6 is 11.3 Å². The minimum atomic E-state index is -4.26. The maximum atomic E-state index is 13.2. The van der Waals surface area contributed by atoms with Gasteiger partial charge in [-0.2, -0.15) is 13.2 Å². The molecule has 3 aromatic rings. The molecular weight excluding hydrogens is 461 g/mol. The van der Waals surface area contributed by atoms with E-state index in [4.69, 9.17) is 10.5 Å². The summed E-state index contributed by atoms with van der Waals surface area (Å²) in [4.78, 5) is 9.85. The molecule has 9 heteroatoms. The Balaban J connectivity index is 1.42. The summed E-state index contributed by atoms with van der Waals surface area (Å²) in [5.74, 6) is 0. The van der Waals surface area contributed by atoms with Gasteiger partial charge in [0.05, 0.1) is 22.6 Å². The molecule has 1 aliphatic carbocycles. The van der Waals surface area contributed by atoms with Crippen LogP contribution in [0.2, 0.25) is 0 Å². The van der Waals surface area contributed by atoms with E-state index >= 15 is 0 Å². The molecule has 4 rings (SSSR count). The number of rotatable bonds is 8. The number of anilines is 1. The summed E-state index contributed by atoms with van der Waals surface area (Å²) in [5, 5.41) is 6.17. The highest BCUT2D eigenvalue weighted by atomic mass is 32.1. The first-order valence-electron chi connectivity index (χ1n) is 11.0. The van der Waals surface area contributed by atoms with E-state index in [1.54, 1.807) is 25.5 Å². The molecule has 0 spiro atoms. The van der Waals surface area contributed by atoms with Crippen molar-refractivity contribution in [1.82, 2.24) is 9.97 Å². The van der Waals surface area contributed by atoms with Gasteiger partial charge in [-0.25, -0.2) is 4.98 Å². The molecule has 0 aliphatic heterocycles. The molecular formula is C25H27F3N4OS. The van der Waals surface area contributed by atoms with Crippen molar-refractivity contribution in [1.29, 1.82) is 0 Å². The van der Waals surface area contributed by atoms with Crippen molar-refractivity contribution in [3.05, 3.63) is 66.2 Å². The van der Waals surface area contributed by atoms with Crippen LogP contribution in [0.1, 0.15) is 25.5 Å². The molecule has 2 aromatic heterocycles. The van der Waals surface area contributed by atoms with Gasteiger partial charge in [-0.15, -0.1) is 0 Å². The number of nitrogens with two attached hydrogens (primary N) is 1. The smallest absolute Gasteiger partial charge is 0.378 e. The Labute approximate surface area is 200 Å². The third-order valence-electron chi connectivity index (χ3n) is 6.00. The van der Waals surface area contributed by atoms with Crippen molar-refractivity contribution in [3.8, 4) is 10.4 Å².